The van der Waals surface area contributed by atoms with Crippen LogP contribution in [-0.2, 0) is 4.79 Å². The quantitative estimate of drug-likeness (QED) is 0.730. The Morgan fingerprint density at radius 1 is 1.08 bits per heavy atom. The maximum Gasteiger partial charge on any atom is 0.228 e. The van der Waals surface area contributed by atoms with Gasteiger partial charge in [-0.1, -0.05) is 6.07 Å². The van der Waals surface area contributed by atoms with E-state index in [1.807, 2.05) is 36.5 Å². The standard InChI is InChI=1S/C18H16N4OS/c23-17-8-1-2-10-22(17)16-7-3-6-14(21-16)15-12-20-18(24-15)13-5-4-9-19-11-13/h3-7,9,11-12H,1-2,8,10H2. The van der Waals surface area contributed by atoms with Gasteiger partial charge in [-0.15, -0.1) is 11.3 Å². The van der Waals surface area contributed by atoms with Gasteiger partial charge >= 0.3 is 0 Å². The van der Waals surface area contributed by atoms with E-state index in [4.69, 9.17) is 0 Å². The summed E-state index contributed by atoms with van der Waals surface area (Å²) in [5.41, 5.74) is 1.84. The minimum atomic E-state index is 0.159. The number of piperidine rings is 1. The maximum absolute atomic E-state index is 12.1. The zero-order chi connectivity index (χ0) is 16.4. The van der Waals surface area contributed by atoms with Gasteiger partial charge in [0.05, 0.1) is 10.6 Å². The highest BCUT2D eigenvalue weighted by Crippen LogP contribution is 2.31. The molecule has 1 aliphatic heterocycles. The Morgan fingerprint density at radius 2 is 2.04 bits per heavy atom. The van der Waals surface area contributed by atoms with Gasteiger partial charge in [0.15, 0.2) is 0 Å². The van der Waals surface area contributed by atoms with Crippen LogP contribution < -0.4 is 4.90 Å². The summed E-state index contributed by atoms with van der Waals surface area (Å²) in [6.45, 7) is 0.749. The molecule has 0 N–H and O–H groups in total. The molecule has 5 nitrogen and oxygen atoms in total. The van der Waals surface area contributed by atoms with Gasteiger partial charge in [0, 0.05) is 37.1 Å². The van der Waals surface area contributed by atoms with Crippen molar-refractivity contribution in [3.8, 4) is 21.1 Å². The SMILES string of the molecule is O=C1CCCCN1c1cccc(-c2cnc(-c3cccnc3)s2)n1. The van der Waals surface area contributed by atoms with Gasteiger partial charge in [0.25, 0.3) is 0 Å². The highest BCUT2D eigenvalue weighted by molar-refractivity contribution is 7.18. The first-order valence-electron chi connectivity index (χ1n) is 7.95. The van der Waals surface area contributed by atoms with Gasteiger partial charge in [0.2, 0.25) is 5.91 Å². The number of amides is 1. The molecular formula is C18H16N4OS. The Hall–Kier alpha value is -2.60. The third-order valence-electron chi connectivity index (χ3n) is 4.00. The summed E-state index contributed by atoms with van der Waals surface area (Å²) in [6, 6.07) is 9.69. The zero-order valence-corrected chi connectivity index (χ0v) is 13.9. The van der Waals surface area contributed by atoms with Gasteiger partial charge in [-0.2, -0.15) is 0 Å². The maximum atomic E-state index is 12.1. The van der Waals surface area contributed by atoms with Gasteiger partial charge in [-0.05, 0) is 37.1 Å². The summed E-state index contributed by atoms with van der Waals surface area (Å²) in [5, 5.41) is 0.916. The molecule has 24 heavy (non-hydrogen) atoms. The van der Waals surface area contributed by atoms with Crippen molar-refractivity contribution < 1.29 is 4.79 Å². The van der Waals surface area contributed by atoms with Crippen molar-refractivity contribution in [3.05, 3.63) is 48.9 Å². The topological polar surface area (TPSA) is 59.0 Å². The predicted octanol–water partition coefficient (Wildman–Crippen LogP) is 3.78. The number of anilines is 1. The summed E-state index contributed by atoms with van der Waals surface area (Å²) < 4.78 is 0. The Balaban J connectivity index is 1.64. The van der Waals surface area contributed by atoms with Crippen molar-refractivity contribution in [3.63, 3.8) is 0 Å². The molecule has 0 aliphatic carbocycles. The van der Waals surface area contributed by atoms with E-state index < -0.39 is 0 Å². The molecule has 0 unspecified atom stereocenters. The van der Waals surface area contributed by atoms with Crippen LogP contribution in [0.3, 0.4) is 0 Å². The number of carbonyl (C=O) groups excluding carboxylic acids is 1. The molecule has 1 amide bonds. The lowest BCUT2D eigenvalue weighted by atomic mass is 10.1. The third-order valence-corrected chi connectivity index (χ3v) is 5.07. The summed E-state index contributed by atoms with van der Waals surface area (Å²) >= 11 is 1.58. The fraction of sp³-hybridized carbons (Fsp3) is 0.222. The third kappa shape index (κ3) is 2.92. The van der Waals surface area contributed by atoms with Gasteiger partial charge in [-0.3, -0.25) is 14.7 Å². The van der Waals surface area contributed by atoms with E-state index in [0.717, 1.165) is 46.3 Å². The minimum absolute atomic E-state index is 0.159. The highest BCUT2D eigenvalue weighted by atomic mass is 32.1. The van der Waals surface area contributed by atoms with Crippen LogP contribution in [0.25, 0.3) is 21.1 Å². The summed E-state index contributed by atoms with van der Waals surface area (Å²) in [6.07, 6.45) is 7.99. The number of thiazole rings is 1. The number of nitrogens with zero attached hydrogens (tertiary/aromatic N) is 4. The Kier molecular flexibility index (Phi) is 4.04. The van der Waals surface area contributed by atoms with Crippen molar-refractivity contribution in [2.24, 2.45) is 0 Å². The van der Waals surface area contributed by atoms with E-state index in [0.29, 0.717) is 6.42 Å². The van der Waals surface area contributed by atoms with Crippen molar-refractivity contribution in [2.45, 2.75) is 19.3 Å². The lowest BCUT2D eigenvalue weighted by molar-refractivity contribution is -0.119. The normalized spacial score (nSPS) is 14.8. The molecule has 0 atom stereocenters. The number of rotatable bonds is 3. The van der Waals surface area contributed by atoms with E-state index in [1.165, 1.54) is 0 Å². The van der Waals surface area contributed by atoms with Crippen molar-refractivity contribution in [1.82, 2.24) is 15.0 Å². The molecule has 0 spiro atoms. The second kappa shape index (κ2) is 6.49. The molecule has 0 bridgehead atoms. The van der Waals surface area contributed by atoms with Crippen LogP contribution in [-0.4, -0.2) is 27.4 Å². The Labute approximate surface area is 144 Å². The number of carbonyl (C=O) groups is 1. The molecule has 4 heterocycles. The first-order chi connectivity index (χ1) is 11.8. The molecule has 3 aromatic rings. The second-order valence-electron chi connectivity index (χ2n) is 5.65. The summed E-state index contributed by atoms with van der Waals surface area (Å²) in [4.78, 5) is 28.2. The molecular weight excluding hydrogens is 320 g/mol. The van der Waals surface area contributed by atoms with E-state index in [1.54, 1.807) is 28.6 Å². The highest BCUT2D eigenvalue weighted by Gasteiger charge is 2.21. The molecule has 0 saturated carbocycles. The molecule has 1 saturated heterocycles. The van der Waals surface area contributed by atoms with Crippen LogP contribution in [0, 0.1) is 0 Å². The Bertz CT molecular complexity index is 862. The van der Waals surface area contributed by atoms with Gasteiger partial charge in [-0.25, -0.2) is 9.97 Å². The van der Waals surface area contributed by atoms with Gasteiger partial charge < -0.3 is 0 Å². The van der Waals surface area contributed by atoms with Crippen molar-refractivity contribution in [2.75, 3.05) is 11.4 Å². The smallest absolute Gasteiger partial charge is 0.228 e. The average molecular weight is 336 g/mol. The van der Waals surface area contributed by atoms with E-state index in [-0.39, 0.29) is 5.91 Å². The number of hydrogen-bond donors (Lipinski definition) is 0. The van der Waals surface area contributed by atoms with Crippen LogP contribution in [0.15, 0.2) is 48.9 Å². The van der Waals surface area contributed by atoms with Crippen LogP contribution in [0.1, 0.15) is 19.3 Å². The number of pyridine rings is 2. The molecule has 0 aromatic carbocycles. The molecule has 3 aromatic heterocycles. The fourth-order valence-electron chi connectivity index (χ4n) is 2.77. The largest absolute Gasteiger partial charge is 0.297 e. The number of hydrogen-bond acceptors (Lipinski definition) is 5. The molecule has 120 valence electrons. The van der Waals surface area contributed by atoms with Crippen LogP contribution >= 0.6 is 11.3 Å². The molecule has 6 heteroatoms. The monoisotopic (exact) mass is 336 g/mol. The first-order valence-corrected chi connectivity index (χ1v) is 8.77. The molecule has 1 aliphatic rings. The van der Waals surface area contributed by atoms with E-state index in [9.17, 15) is 4.79 Å². The fourth-order valence-corrected chi connectivity index (χ4v) is 3.65. The van der Waals surface area contributed by atoms with Crippen molar-refractivity contribution >= 4 is 23.1 Å². The number of aromatic nitrogens is 3. The second-order valence-corrected chi connectivity index (χ2v) is 6.69. The average Bonchev–Trinajstić information content (AvgIpc) is 3.13. The Morgan fingerprint density at radius 3 is 2.88 bits per heavy atom. The first kappa shape index (κ1) is 15.0. The lowest BCUT2D eigenvalue weighted by Gasteiger charge is -2.25. The van der Waals surface area contributed by atoms with Crippen molar-refractivity contribution in [1.29, 1.82) is 0 Å². The van der Waals surface area contributed by atoms with Crippen LogP contribution in [0.4, 0.5) is 5.82 Å². The molecule has 1 fully saturated rings. The molecule has 4 rings (SSSR count). The minimum Gasteiger partial charge on any atom is -0.297 e. The van der Waals surface area contributed by atoms with Crippen LogP contribution in [0.5, 0.6) is 0 Å². The van der Waals surface area contributed by atoms with E-state index in [2.05, 4.69) is 15.0 Å². The lowest BCUT2D eigenvalue weighted by Crippen LogP contribution is -2.35. The van der Waals surface area contributed by atoms with E-state index >= 15 is 0 Å². The van der Waals surface area contributed by atoms with Gasteiger partial charge in [0.1, 0.15) is 10.8 Å². The zero-order valence-electron chi connectivity index (χ0n) is 13.1. The summed E-state index contributed by atoms with van der Waals surface area (Å²) in [5.74, 6) is 0.889. The van der Waals surface area contributed by atoms with Crippen LogP contribution in [0.2, 0.25) is 0 Å². The summed E-state index contributed by atoms with van der Waals surface area (Å²) in [7, 11) is 0. The predicted molar refractivity (Wildman–Crippen MR) is 94.8 cm³/mol. The molecule has 0 radical (unpaired) electrons.